The lowest BCUT2D eigenvalue weighted by atomic mass is 10.1. The summed E-state index contributed by atoms with van der Waals surface area (Å²) in [5.74, 6) is 0.418. The minimum atomic E-state index is -0.206. The molecule has 0 unspecified atom stereocenters. The fourth-order valence-electron chi connectivity index (χ4n) is 2.82. The minimum Gasteiger partial charge on any atom is -0.495 e. The van der Waals surface area contributed by atoms with E-state index in [-0.39, 0.29) is 11.9 Å². The predicted octanol–water partition coefficient (Wildman–Crippen LogP) is 3.89. The zero-order valence-corrected chi connectivity index (χ0v) is 15.1. The summed E-state index contributed by atoms with van der Waals surface area (Å²) in [5.41, 5.74) is 3.73. The molecule has 6 heteroatoms. The molecule has 6 nitrogen and oxygen atoms in total. The van der Waals surface area contributed by atoms with E-state index in [2.05, 4.69) is 15.4 Å². The lowest BCUT2D eigenvalue weighted by Gasteiger charge is -2.12. The van der Waals surface area contributed by atoms with Gasteiger partial charge in [0.25, 0.3) is 5.91 Å². The Kier molecular flexibility index (Phi) is 4.44. The molecule has 0 radical (unpaired) electrons. The molecule has 1 aromatic carbocycles. The summed E-state index contributed by atoms with van der Waals surface area (Å²) in [4.78, 5) is 17.5. The highest BCUT2D eigenvalue weighted by Gasteiger charge is 2.18. The van der Waals surface area contributed by atoms with Gasteiger partial charge in [-0.25, -0.2) is 9.67 Å². The molecule has 0 saturated heterocycles. The third kappa shape index (κ3) is 3.20. The zero-order valence-electron chi connectivity index (χ0n) is 15.1. The fourth-order valence-corrected chi connectivity index (χ4v) is 2.82. The Balaban J connectivity index is 2.05. The second-order valence-corrected chi connectivity index (χ2v) is 6.39. The van der Waals surface area contributed by atoms with Crippen molar-refractivity contribution in [1.82, 2.24) is 14.8 Å². The van der Waals surface area contributed by atoms with Crippen LogP contribution in [-0.4, -0.2) is 27.8 Å². The van der Waals surface area contributed by atoms with E-state index in [1.165, 1.54) is 0 Å². The summed E-state index contributed by atoms with van der Waals surface area (Å²) in [6.07, 6.45) is 1.70. The van der Waals surface area contributed by atoms with Gasteiger partial charge in [-0.15, -0.1) is 0 Å². The molecule has 2 aromatic heterocycles. The number of methoxy groups -OCH3 is 1. The molecule has 2 heterocycles. The molecule has 0 aliphatic rings. The molecule has 0 spiro atoms. The molecular formula is C19H22N4O2. The number of fused-ring (bicyclic) bond motifs is 1. The van der Waals surface area contributed by atoms with Crippen molar-refractivity contribution in [1.29, 1.82) is 0 Å². The maximum atomic E-state index is 12.9. The molecule has 0 aliphatic heterocycles. The van der Waals surface area contributed by atoms with Crippen molar-refractivity contribution < 1.29 is 9.53 Å². The molecule has 1 N–H and O–H groups in total. The average Bonchev–Trinajstić information content (AvgIpc) is 2.98. The van der Waals surface area contributed by atoms with Crippen molar-refractivity contribution >= 4 is 22.6 Å². The van der Waals surface area contributed by atoms with Crippen LogP contribution in [0.4, 0.5) is 5.69 Å². The first-order chi connectivity index (χ1) is 11.9. The quantitative estimate of drug-likeness (QED) is 0.783. The Hall–Kier alpha value is -2.89. The van der Waals surface area contributed by atoms with Crippen LogP contribution in [0.5, 0.6) is 5.75 Å². The summed E-state index contributed by atoms with van der Waals surface area (Å²) in [6, 6.07) is 7.62. The van der Waals surface area contributed by atoms with Crippen molar-refractivity contribution in [3.63, 3.8) is 0 Å². The fraction of sp³-hybridized carbons (Fsp3) is 0.316. The summed E-state index contributed by atoms with van der Waals surface area (Å²) in [7, 11) is 1.59. The number of amides is 1. The highest BCUT2D eigenvalue weighted by Crippen LogP contribution is 2.27. The van der Waals surface area contributed by atoms with Gasteiger partial charge >= 0.3 is 0 Å². The predicted molar refractivity (Wildman–Crippen MR) is 98.3 cm³/mol. The second-order valence-electron chi connectivity index (χ2n) is 6.39. The number of carbonyl (C=O) groups is 1. The summed E-state index contributed by atoms with van der Waals surface area (Å²) in [5, 5.41) is 8.07. The van der Waals surface area contributed by atoms with Gasteiger partial charge in [0.1, 0.15) is 5.75 Å². The van der Waals surface area contributed by atoms with Crippen LogP contribution in [0.15, 0.2) is 30.5 Å². The molecule has 1 amide bonds. The monoisotopic (exact) mass is 338 g/mol. The normalized spacial score (nSPS) is 11.1. The van der Waals surface area contributed by atoms with Gasteiger partial charge in [0, 0.05) is 11.7 Å². The van der Waals surface area contributed by atoms with Gasteiger partial charge in [-0.2, -0.15) is 5.10 Å². The molecule has 25 heavy (non-hydrogen) atoms. The van der Waals surface area contributed by atoms with Gasteiger partial charge in [0.15, 0.2) is 5.65 Å². The molecule has 3 aromatic rings. The number of anilines is 1. The number of aromatic nitrogens is 3. The lowest BCUT2D eigenvalue weighted by Crippen LogP contribution is -2.14. The number of hydrogen-bond donors (Lipinski definition) is 1. The number of carbonyl (C=O) groups excluding carboxylic acids is 1. The molecule has 0 fully saturated rings. The van der Waals surface area contributed by atoms with E-state index in [0.717, 1.165) is 22.3 Å². The van der Waals surface area contributed by atoms with Crippen LogP contribution < -0.4 is 10.1 Å². The number of rotatable bonds is 4. The van der Waals surface area contributed by atoms with E-state index in [1.54, 1.807) is 19.4 Å². The van der Waals surface area contributed by atoms with Crippen molar-refractivity contribution in [2.75, 3.05) is 12.4 Å². The molecule has 130 valence electrons. The summed E-state index contributed by atoms with van der Waals surface area (Å²) >= 11 is 0. The second kappa shape index (κ2) is 6.55. The number of hydrogen-bond acceptors (Lipinski definition) is 4. The Morgan fingerprint density at radius 1 is 1.24 bits per heavy atom. The van der Waals surface area contributed by atoms with Crippen LogP contribution in [0, 0.1) is 13.8 Å². The largest absolute Gasteiger partial charge is 0.495 e. The number of benzene rings is 1. The topological polar surface area (TPSA) is 69.0 Å². The van der Waals surface area contributed by atoms with Crippen LogP contribution in [0.3, 0.4) is 0 Å². The molecule has 0 saturated carbocycles. The average molecular weight is 338 g/mol. The molecule has 0 aliphatic carbocycles. The van der Waals surface area contributed by atoms with Gasteiger partial charge in [0.2, 0.25) is 0 Å². The maximum absolute atomic E-state index is 12.9. The summed E-state index contributed by atoms with van der Waals surface area (Å²) < 4.78 is 7.17. The SMILES string of the molecule is COc1ccc(C)cc1NC(=O)c1cc(C)nc2c1cnn2C(C)C. The highest BCUT2D eigenvalue weighted by atomic mass is 16.5. The van der Waals surface area contributed by atoms with E-state index in [0.29, 0.717) is 17.0 Å². The summed E-state index contributed by atoms with van der Waals surface area (Å²) in [6.45, 7) is 7.92. The van der Waals surface area contributed by atoms with E-state index >= 15 is 0 Å². The Morgan fingerprint density at radius 2 is 2.00 bits per heavy atom. The first-order valence-electron chi connectivity index (χ1n) is 8.21. The van der Waals surface area contributed by atoms with Crippen LogP contribution in [0.2, 0.25) is 0 Å². The Bertz CT molecular complexity index is 944. The van der Waals surface area contributed by atoms with Crippen molar-refractivity contribution in [2.45, 2.75) is 33.7 Å². The minimum absolute atomic E-state index is 0.166. The van der Waals surface area contributed by atoms with Crippen molar-refractivity contribution in [2.24, 2.45) is 0 Å². The molecule has 3 rings (SSSR count). The first-order valence-corrected chi connectivity index (χ1v) is 8.21. The third-order valence-corrected chi connectivity index (χ3v) is 4.03. The Morgan fingerprint density at radius 3 is 2.68 bits per heavy atom. The molecular weight excluding hydrogens is 316 g/mol. The number of nitrogens with one attached hydrogen (secondary N) is 1. The van der Waals surface area contributed by atoms with E-state index in [4.69, 9.17) is 4.74 Å². The van der Waals surface area contributed by atoms with E-state index in [1.807, 2.05) is 50.6 Å². The van der Waals surface area contributed by atoms with Gasteiger partial charge < -0.3 is 10.1 Å². The zero-order chi connectivity index (χ0) is 18.1. The van der Waals surface area contributed by atoms with Gasteiger partial charge in [-0.3, -0.25) is 4.79 Å². The van der Waals surface area contributed by atoms with Crippen LogP contribution >= 0.6 is 0 Å². The number of pyridine rings is 1. The Labute approximate surface area is 146 Å². The van der Waals surface area contributed by atoms with Gasteiger partial charge in [-0.05, 0) is 51.5 Å². The lowest BCUT2D eigenvalue weighted by molar-refractivity contribution is 0.102. The third-order valence-electron chi connectivity index (χ3n) is 4.03. The van der Waals surface area contributed by atoms with Crippen LogP contribution in [0.1, 0.15) is 41.5 Å². The first kappa shape index (κ1) is 17.0. The number of aryl methyl sites for hydroxylation is 2. The van der Waals surface area contributed by atoms with Crippen LogP contribution in [-0.2, 0) is 0 Å². The number of nitrogens with zero attached hydrogens (tertiary/aromatic N) is 3. The molecule has 0 bridgehead atoms. The van der Waals surface area contributed by atoms with Gasteiger partial charge in [-0.1, -0.05) is 6.07 Å². The van der Waals surface area contributed by atoms with Crippen LogP contribution in [0.25, 0.3) is 11.0 Å². The smallest absolute Gasteiger partial charge is 0.256 e. The van der Waals surface area contributed by atoms with Crippen molar-refractivity contribution in [3.8, 4) is 5.75 Å². The highest BCUT2D eigenvalue weighted by molar-refractivity contribution is 6.12. The maximum Gasteiger partial charge on any atom is 0.256 e. The number of ether oxygens (including phenoxy) is 1. The van der Waals surface area contributed by atoms with Crippen molar-refractivity contribution in [3.05, 3.63) is 47.3 Å². The molecule has 0 atom stereocenters. The van der Waals surface area contributed by atoms with E-state index < -0.39 is 0 Å². The standard InChI is InChI=1S/C19H22N4O2/c1-11(2)23-18-15(10-20-23)14(9-13(4)21-18)19(24)22-16-8-12(3)6-7-17(16)25-5/h6-11H,1-5H3,(H,22,24). The van der Waals surface area contributed by atoms with E-state index in [9.17, 15) is 4.79 Å². The van der Waals surface area contributed by atoms with Gasteiger partial charge in [0.05, 0.1) is 29.9 Å².